The van der Waals surface area contributed by atoms with E-state index in [1.54, 1.807) is 138 Å². The molecule has 0 aliphatic rings. The van der Waals surface area contributed by atoms with E-state index in [9.17, 15) is 36.5 Å². The van der Waals surface area contributed by atoms with Crippen molar-refractivity contribution in [1.29, 1.82) is 0 Å². The Morgan fingerprint density at radius 2 is 0.357 bits per heavy atom. The summed E-state index contributed by atoms with van der Waals surface area (Å²) < 4.78 is 142. The zero-order chi connectivity index (χ0) is 77.3. The van der Waals surface area contributed by atoms with Gasteiger partial charge in [0, 0.05) is 133 Å². The minimum Gasteiger partial charge on any atom is -0.443 e. The second-order valence-corrected chi connectivity index (χ2v) is 41.2. The Bertz CT molecular complexity index is 3100. The second-order valence-electron chi connectivity index (χ2n) is 20.4. The van der Waals surface area contributed by atoms with Crippen LogP contribution in [0.4, 0.5) is 0 Å². The maximum atomic E-state index is 13.1. The van der Waals surface area contributed by atoms with Crippen LogP contribution in [0.2, 0.25) is 0 Å². The van der Waals surface area contributed by atoms with Crippen LogP contribution in [0.1, 0.15) is 94.2 Å². The van der Waals surface area contributed by atoms with E-state index in [1.807, 2.05) is 119 Å². The summed E-state index contributed by atoms with van der Waals surface area (Å²) in [5, 5.41) is 0. The Balaban J connectivity index is -0.000000258. The topological polar surface area (TPSA) is 229 Å². The fraction of sp³-hybridized carbons (Fsp3) is 0.417. The summed E-state index contributed by atoms with van der Waals surface area (Å²) in [6.07, 6.45) is 1.03. The predicted molar refractivity (Wildman–Crippen MR) is 425 cm³/mol. The standard InChI is InChI=1S/C18H15O4P.C13H12.C12H21O6P3.C8H11O2P.3C3H9O2P.6C2H6/c19-23(20-16-10-4-1-5-11-16,21-17-12-6-2-7-13-17)22-18-14-8-3-9-15-18;1-3-7-12(8-4-1)11-13-9-5-2-6-10-13;1-19(2,13)16-10-7-11(17-20(3,4)14)9-12(8-10)18-21(5,6)15;1-11(2,9)10-8-6-4-3-5-7-8;3*1-5-6(2,3)4;6*1-2/h1-15H;1-10H,11H2;7-9H,1-6H3;3-7H,1-2H3;3*1-3H3;6*1-2H3. The zero-order valence-corrected chi connectivity index (χ0v) is 71.3. The first-order valence-corrected chi connectivity index (χ1v) is 51.2. The van der Waals surface area contributed by atoms with Crippen molar-refractivity contribution in [2.75, 3.05) is 115 Å². The lowest BCUT2D eigenvalue weighted by Crippen LogP contribution is -2.07. The lowest BCUT2D eigenvalue weighted by atomic mass is 10.1. The average molecular weight is 1520 g/mol. The van der Waals surface area contributed by atoms with Crippen molar-refractivity contribution in [3.63, 3.8) is 0 Å². The highest BCUT2D eigenvalue weighted by Crippen LogP contribution is 2.50. The summed E-state index contributed by atoms with van der Waals surface area (Å²) in [6.45, 7) is 45.5. The summed E-state index contributed by atoms with van der Waals surface area (Å²) in [5.41, 5.74) is 2.74. The van der Waals surface area contributed by atoms with E-state index in [0.717, 1.165) is 6.42 Å². The van der Waals surface area contributed by atoms with Gasteiger partial charge in [-0.1, -0.05) is 217 Å². The van der Waals surface area contributed by atoms with Gasteiger partial charge in [0.15, 0.2) is 22.1 Å². The first-order chi connectivity index (χ1) is 45.7. The van der Waals surface area contributed by atoms with E-state index in [2.05, 4.69) is 74.2 Å². The molecule has 0 spiro atoms. The van der Waals surface area contributed by atoms with Crippen molar-refractivity contribution >= 4 is 59.4 Å². The second kappa shape index (κ2) is 58.5. The summed E-state index contributed by atoms with van der Waals surface area (Å²) in [5.74, 6) is 2.63. The molecule has 0 fully saturated rings. The summed E-state index contributed by atoms with van der Waals surface area (Å²) in [7, 11) is -16.7. The molecule has 0 N–H and O–H groups in total. The van der Waals surface area contributed by atoms with E-state index >= 15 is 0 Å². The largest absolute Gasteiger partial charge is 0.647 e. The molecule has 0 aliphatic carbocycles. The molecule has 0 atom stereocenters. The molecule has 558 valence electrons. The monoisotopic (exact) mass is 1520 g/mol. The minimum atomic E-state index is -3.89. The summed E-state index contributed by atoms with van der Waals surface area (Å²) in [6, 6.07) is 61.0. The highest BCUT2D eigenvalue weighted by Gasteiger charge is 2.33. The summed E-state index contributed by atoms with van der Waals surface area (Å²) >= 11 is 0. The number of phosphoric acid groups is 1. The fourth-order valence-electron chi connectivity index (χ4n) is 5.52. The van der Waals surface area contributed by atoms with Gasteiger partial charge in [0.25, 0.3) is 0 Å². The molecule has 0 aliphatic heterocycles. The van der Waals surface area contributed by atoms with Gasteiger partial charge in [0.05, 0.1) is 0 Å². The number of phosphoric ester groups is 1. The predicted octanol–water partition coefficient (Wildman–Crippen LogP) is 25.3. The Labute approximate surface area is 593 Å². The molecular weight excluding hydrogens is 1400 g/mol. The minimum absolute atomic E-state index is 0.248. The zero-order valence-electron chi connectivity index (χ0n) is 64.2. The van der Waals surface area contributed by atoms with Crippen molar-refractivity contribution < 1.29 is 81.8 Å². The van der Waals surface area contributed by atoms with Crippen LogP contribution in [0.5, 0.6) is 40.2 Å². The van der Waals surface area contributed by atoms with Crippen LogP contribution in [-0.2, 0) is 56.5 Å². The molecular formula is C72H122O18P8. The van der Waals surface area contributed by atoms with E-state index < -0.39 is 59.4 Å². The van der Waals surface area contributed by atoms with Crippen molar-refractivity contribution in [3.05, 3.63) is 211 Å². The Morgan fingerprint density at radius 1 is 0.214 bits per heavy atom. The van der Waals surface area contributed by atoms with Crippen LogP contribution in [-0.4, -0.2) is 115 Å². The van der Waals surface area contributed by atoms with Gasteiger partial charge >= 0.3 is 7.82 Å². The third-order valence-electron chi connectivity index (χ3n) is 9.19. The van der Waals surface area contributed by atoms with Crippen LogP contribution < -0.4 is 31.7 Å². The highest BCUT2D eigenvalue weighted by molar-refractivity contribution is 7.59. The molecule has 7 aromatic carbocycles. The molecule has 0 saturated carbocycles. The SMILES string of the molecule is CC.CC.CC.CC.CC.CC.COP(C)(C)=O.COP(C)(C)=O.COP(C)(C)=O.CP(C)(=O)Oc1cc(OP(C)(C)=O)cc(OP(C)(C)=O)c1.CP(C)(=O)Oc1ccccc1.O=P(Oc1ccccc1)(Oc1ccccc1)Oc1ccccc1.c1ccc(Cc2ccccc2)cc1. The van der Waals surface area contributed by atoms with E-state index in [1.165, 1.54) is 90.6 Å². The van der Waals surface area contributed by atoms with E-state index in [4.69, 9.17) is 31.7 Å². The molecule has 0 amide bonds. The number of para-hydroxylation sites is 4. The van der Waals surface area contributed by atoms with Crippen molar-refractivity contribution in [3.8, 4) is 40.2 Å². The lowest BCUT2D eigenvalue weighted by molar-refractivity contribution is 0.298. The van der Waals surface area contributed by atoms with E-state index in [0.29, 0.717) is 23.0 Å². The first kappa shape index (κ1) is 104. The lowest BCUT2D eigenvalue weighted by Gasteiger charge is -2.19. The molecule has 7 aromatic rings. The van der Waals surface area contributed by atoms with Gasteiger partial charge < -0.3 is 45.2 Å². The Hall–Kier alpha value is -5.14. The number of hydrogen-bond acceptors (Lipinski definition) is 18. The van der Waals surface area contributed by atoms with Gasteiger partial charge in [-0.05, 0) is 66.1 Å². The van der Waals surface area contributed by atoms with Crippen LogP contribution in [0, 0.1) is 0 Å². The van der Waals surface area contributed by atoms with Crippen LogP contribution in [0.15, 0.2) is 200 Å². The third-order valence-corrected chi connectivity index (χ3v) is 15.7. The van der Waals surface area contributed by atoms with Crippen molar-refractivity contribution in [2.24, 2.45) is 0 Å². The molecule has 18 nitrogen and oxygen atoms in total. The maximum absolute atomic E-state index is 13.1. The van der Waals surface area contributed by atoms with Gasteiger partial charge in [0.1, 0.15) is 40.2 Å². The summed E-state index contributed by atoms with van der Waals surface area (Å²) in [4.78, 5) is 0. The Morgan fingerprint density at radius 3 is 0.510 bits per heavy atom. The van der Waals surface area contributed by atoms with Crippen molar-refractivity contribution in [2.45, 2.75) is 89.5 Å². The molecule has 0 heterocycles. The van der Waals surface area contributed by atoms with Gasteiger partial charge in [-0.25, -0.2) is 0 Å². The first-order valence-electron chi connectivity index (χ1n) is 32.1. The maximum Gasteiger partial charge on any atom is 0.647 e. The number of hydrogen-bond donors (Lipinski definition) is 0. The molecule has 0 radical (unpaired) electrons. The molecule has 0 bridgehead atoms. The van der Waals surface area contributed by atoms with Gasteiger partial charge in [-0.3, -0.25) is 32.0 Å². The fourth-order valence-corrected chi connectivity index (χ4v) is 9.24. The quantitative estimate of drug-likeness (QED) is 0.0685. The van der Waals surface area contributed by atoms with Crippen molar-refractivity contribution in [1.82, 2.24) is 0 Å². The van der Waals surface area contributed by atoms with Crippen LogP contribution >= 0.6 is 59.4 Å². The number of benzene rings is 7. The molecule has 7 rings (SSSR count). The molecule has 0 unspecified atom stereocenters. The van der Waals surface area contributed by atoms with Gasteiger partial charge in [0.2, 0.25) is 29.5 Å². The Kier molecular flexibility index (Phi) is 62.0. The normalized spacial score (nSPS) is 10.4. The molecule has 26 heteroatoms. The van der Waals surface area contributed by atoms with Crippen LogP contribution in [0.25, 0.3) is 0 Å². The molecule has 98 heavy (non-hydrogen) atoms. The highest BCUT2D eigenvalue weighted by atomic mass is 31.2. The smallest absolute Gasteiger partial charge is 0.443 e. The van der Waals surface area contributed by atoms with Crippen LogP contribution in [0.3, 0.4) is 0 Å². The molecule has 0 saturated heterocycles. The molecule has 0 aromatic heterocycles. The van der Waals surface area contributed by atoms with Gasteiger partial charge in [-0.15, -0.1) is 0 Å². The van der Waals surface area contributed by atoms with Gasteiger partial charge in [-0.2, -0.15) is 4.57 Å². The van der Waals surface area contributed by atoms with E-state index in [-0.39, 0.29) is 17.2 Å². The average Bonchev–Trinajstić information content (AvgIpc) is 0.841. The number of rotatable bonds is 19. The third kappa shape index (κ3) is 69.3.